The third-order valence-electron chi connectivity index (χ3n) is 3.65. The summed E-state index contributed by atoms with van der Waals surface area (Å²) in [6.07, 6.45) is 0.616. The molecule has 2 rings (SSSR count). The standard InChI is InChI=1S/C18H26N2O6/c1-5-8-24-15-10-12(6-7-14(15)20(22)23)9-13(16-11-25-16)19-17(21)26-18(2,3)4/h6-7,10,13,16H,5,8-9,11H2,1-4H3,(H,19,21). The smallest absolute Gasteiger partial charge is 0.407 e. The molecule has 1 N–H and O–H groups in total. The van der Waals surface area contributed by atoms with Crippen LogP contribution >= 0.6 is 0 Å². The van der Waals surface area contributed by atoms with Gasteiger partial charge in [-0.1, -0.05) is 13.0 Å². The fraction of sp³-hybridized carbons (Fsp3) is 0.611. The highest BCUT2D eigenvalue weighted by Gasteiger charge is 2.35. The summed E-state index contributed by atoms with van der Waals surface area (Å²) in [4.78, 5) is 22.7. The summed E-state index contributed by atoms with van der Waals surface area (Å²) in [5, 5.41) is 14.0. The summed E-state index contributed by atoms with van der Waals surface area (Å²) in [5.41, 5.74) is 0.160. The van der Waals surface area contributed by atoms with Gasteiger partial charge in [0.05, 0.1) is 24.2 Å². The maximum Gasteiger partial charge on any atom is 0.407 e. The van der Waals surface area contributed by atoms with Crippen molar-refractivity contribution in [2.24, 2.45) is 0 Å². The molecule has 8 nitrogen and oxygen atoms in total. The summed E-state index contributed by atoms with van der Waals surface area (Å²) in [6, 6.07) is 4.48. The molecule has 0 bridgehead atoms. The van der Waals surface area contributed by atoms with Crippen LogP contribution in [0.15, 0.2) is 18.2 Å². The fourth-order valence-corrected chi connectivity index (χ4v) is 2.44. The van der Waals surface area contributed by atoms with Gasteiger partial charge in [-0.2, -0.15) is 0 Å². The molecule has 1 fully saturated rings. The van der Waals surface area contributed by atoms with Crippen molar-refractivity contribution < 1.29 is 23.9 Å². The first kappa shape index (κ1) is 20.0. The Kier molecular flexibility index (Phi) is 6.42. The van der Waals surface area contributed by atoms with Gasteiger partial charge in [-0.15, -0.1) is 0 Å². The molecule has 1 aromatic rings. The van der Waals surface area contributed by atoms with Crippen LogP contribution in [0.5, 0.6) is 5.75 Å². The fourth-order valence-electron chi connectivity index (χ4n) is 2.44. The lowest BCUT2D eigenvalue weighted by atomic mass is 10.0. The normalized spacial score (nSPS) is 17.3. The van der Waals surface area contributed by atoms with Gasteiger partial charge in [0.25, 0.3) is 0 Å². The number of nitro benzene ring substituents is 1. The minimum Gasteiger partial charge on any atom is -0.487 e. The Hall–Kier alpha value is -2.35. The lowest BCUT2D eigenvalue weighted by Gasteiger charge is -2.23. The van der Waals surface area contributed by atoms with Gasteiger partial charge in [0.15, 0.2) is 5.75 Å². The largest absolute Gasteiger partial charge is 0.487 e. The van der Waals surface area contributed by atoms with Crippen LogP contribution in [0.2, 0.25) is 0 Å². The van der Waals surface area contributed by atoms with Crippen LogP contribution in [-0.2, 0) is 15.9 Å². The molecule has 1 heterocycles. The van der Waals surface area contributed by atoms with Crippen LogP contribution in [0.25, 0.3) is 0 Å². The molecule has 1 saturated heterocycles. The first-order valence-electron chi connectivity index (χ1n) is 8.71. The number of epoxide rings is 1. The van der Waals surface area contributed by atoms with E-state index in [2.05, 4.69) is 5.32 Å². The van der Waals surface area contributed by atoms with E-state index in [0.717, 1.165) is 12.0 Å². The van der Waals surface area contributed by atoms with Crippen molar-refractivity contribution in [1.29, 1.82) is 0 Å². The predicted molar refractivity (Wildman–Crippen MR) is 95.5 cm³/mol. The zero-order valence-corrected chi connectivity index (χ0v) is 15.6. The molecule has 2 atom stereocenters. The molecule has 144 valence electrons. The second-order valence-electron chi connectivity index (χ2n) is 7.24. The van der Waals surface area contributed by atoms with E-state index in [9.17, 15) is 14.9 Å². The number of rotatable bonds is 8. The predicted octanol–water partition coefficient (Wildman–Crippen LogP) is 3.22. The minimum absolute atomic E-state index is 0.0680. The number of carbonyl (C=O) groups is 1. The molecule has 26 heavy (non-hydrogen) atoms. The highest BCUT2D eigenvalue weighted by molar-refractivity contribution is 5.68. The van der Waals surface area contributed by atoms with E-state index in [1.807, 2.05) is 6.92 Å². The molecule has 2 unspecified atom stereocenters. The molecule has 0 radical (unpaired) electrons. The number of alkyl carbamates (subject to hydrolysis) is 1. The SMILES string of the molecule is CCCOc1cc(CC(NC(=O)OC(C)(C)C)C2CO2)ccc1[N+](=O)[O-]. The van der Waals surface area contributed by atoms with E-state index in [1.165, 1.54) is 6.07 Å². The highest BCUT2D eigenvalue weighted by atomic mass is 16.6. The van der Waals surface area contributed by atoms with Crippen LogP contribution in [-0.4, -0.2) is 42.0 Å². The maximum absolute atomic E-state index is 12.0. The molecule has 1 aromatic carbocycles. The Balaban J connectivity index is 2.10. The first-order chi connectivity index (χ1) is 12.2. The molecule has 0 aliphatic carbocycles. The van der Waals surface area contributed by atoms with E-state index < -0.39 is 16.6 Å². The Morgan fingerprint density at radius 1 is 1.46 bits per heavy atom. The van der Waals surface area contributed by atoms with Crippen LogP contribution in [0.4, 0.5) is 10.5 Å². The topological polar surface area (TPSA) is 103 Å². The Bertz CT molecular complexity index is 652. The van der Waals surface area contributed by atoms with E-state index in [0.29, 0.717) is 19.6 Å². The zero-order valence-electron chi connectivity index (χ0n) is 15.6. The van der Waals surface area contributed by atoms with Gasteiger partial charge >= 0.3 is 11.8 Å². The average molecular weight is 366 g/mol. The third-order valence-corrected chi connectivity index (χ3v) is 3.65. The number of carbonyl (C=O) groups excluding carboxylic acids is 1. The summed E-state index contributed by atoms with van der Waals surface area (Å²) < 4.78 is 16.1. The van der Waals surface area contributed by atoms with Gasteiger partial charge in [-0.05, 0) is 45.2 Å². The number of ether oxygens (including phenoxy) is 3. The van der Waals surface area contributed by atoms with Crippen LogP contribution < -0.4 is 10.1 Å². The molecule has 1 aliphatic heterocycles. The number of amides is 1. The Morgan fingerprint density at radius 2 is 2.15 bits per heavy atom. The molecule has 1 aliphatic rings. The van der Waals surface area contributed by atoms with E-state index in [1.54, 1.807) is 32.9 Å². The molecule has 1 amide bonds. The summed E-state index contributed by atoms with van der Waals surface area (Å²) in [6.45, 7) is 8.28. The number of nitrogens with one attached hydrogen (secondary N) is 1. The number of nitrogens with zero attached hydrogens (tertiary/aromatic N) is 1. The molecular weight excluding hydrogens is 340 g/mol. The molecule has 0 aromatic heterocycles. The van der Waals surface area contributed by atoms with Crippen molar-refractivity contribution in [3.8, 4) is 5.75 Å². The molecule has 0 saturated carbocycles. The lowest BCUT2D eigenvalue weighted by Crippen LogP contribution is -2.43. The lowest BCUT2D eigenvalue weighted by molar-refractivity contribution is -0.385. The second kappa shape index (κ2) is 8.35. The highest BCUT2D eigenvalue weighted by Crippen LogP contribution is 2.29. The van der Waals surface area contributed by atoms with Gasteiger partial charge in [-0.25, -0.2) is 4.79 Å². The van der Waals surface area contributed by atoms with Crippen molar-refractivity contribution in [3.63, 3.8) is 0 Å². The minimum atomic E-state index is -0.590. The molecule has 0 spiro atoms. The average Bonchev–Trinajstić information content (AvgIpc) is 3.35. The number of hydrogen-bond donors (Lipinski definition) is 1. The van der Waals surface area contributed by atoms with Crippen molar-refractivity contribution in [2.75, 3.05) is 13.2 Å². The maximum atomic E-state index is 12.0. The van der Waals surface area contributed by atoms with Crippen molar-refractivity contribution in [2.45, 2.75) is 58.3 Å². The molecule has 8 heteroatoms. The summed E-state index contributed by atoms with van der Waals surface area (Å²) in [7, 11) is 0. The quantitative estimate of drug-likeness (QED) is 0.430. The van der Waals surface area contributed by atoms with E-state index in [-0.39, 0.29) is 23.6 Å². The van der Waals surface area contributed by atoms with Crippen LogP contribution in [0.3, 0.4) is 0 Å². The summed E-state index contributed by atoms with van der Waals surface area (Å²) >= 11 is 0. The van der Waals surface area contributed by atoms with Gasteiger partial charge < -0.3 is 19.5 Å². The van der Waals surface area contributed by atoms with E-state index in [4.69, 9.17) is 14.2 Å². The van der Waals surface area contributed by atoms with Crippen molar-refractivity contribution >= 4 is 11.8 Å². The van der Waals surface area contributed by atoms with Gasteiger partial charge in [0.1, 0.15) is 11.7 Å². The first-order valence-corrected chi connectivity index (χ1v) is 8.71. The van der Waals surface area contributed by atoms with Gasteiger partial charge in [0, 0.05) is 6.07 Å². The van der Waals surface area contributed by atoms with Crippen molar-refractivity contribution in [3.05, 3.63) is 33.9 Å². The zero-order chi connectivity index (χ0) is 19.3. The van der Waals surface area contributed by atoms with E-state index >= 15 is 0 Å². The van der Waals surface area contributed by atoms with Gasteiger partial charge in [-0.3, -0.25) is 10.1 Å². The number of hydrogen-bond acceptors (Lipinski definition) is 6. The number of benzene rings is 1. The van der Waals surface area contributed by atoms with Gasteiger partial charge in [0.2, 0.25) is 0 Å². The monoisotopic (exact) mass is 366 g/mol. The number of nitro groups is 1. The third kappa shape index (κ3) is 6.18. The Labute approximate surface area is 153 Å². The van der Waals surface area contributed by atoms with Crippen molar-refractivity contribution in [1.82, 2.24) is 5.32 Å². The van der Waals surface area contributed by atoms with Crippen LogP contribution in [0, 0.1) is 10.1 Å². The second-order valence-corrected chi connectivity index (χ2v) is 7.24. The molecular formula is C18H26N2O6. The summed E-state index contributed by atoms with van der Waals surface area (Å²) in [5.74, 6) is 0.238. The van der Waals surface area contributed by atoms with Crippen LogP contribution in [0.1, 0.15) is 39.7 Å². The Morgan fingerprint density at radius 3 is 2.69 bits per heavy atom.